The van der Waals surface area contributed by atoms with Gasteiger partial charge in [-0.1, -0.05) is 36.9 Å². The molecule has 120 valence electrons. The number of carbonyl (C=O) groups excluding carboxylic acids is 1. The van der Waals surface area contributed by atoms with E-state index in [1.807, 2.05) is 18.2 Å². The molecule has 3 rings (SSSR count). The van der Waals surface area contributed by atoms with Gasteiger partial charge < -0.3 is 5.11 Å². The van der Waals surface area contributed by atoms with E-state index in [1.54, 1.807) is 30.3 Å². The van der Waals surface area contributed by atoms with E-state index in [0.717, 1.165) is 0 Å². The largest absolute Gasteiger partial charge is 0.478 e. The molecule has 2 aromatic rings. The van der Waals surface area contributed by atoms with Gasteiger partial charge in [-0.3, -0.25) is 15.6 Å². The molecule has 24 heavy (non-hydrogen) atoms. The van der Waals surface area contributed by atoms with E-state index in [2.05, 4.69) is 22.5 Å². The Morgan fingerprint density at radius 3 is 2.50 bits per heavy atom. The molecule has 1 fully saturated rings. The second-order valence-electron chi connectivity index (χ2n) is 4.99. The molecule has 0 unspecified atom stereocenters. The predicted molar refractivity (Wildman–Crippen MR) is 90.7 cm³/mol. The molecule has 1 amide bonds. The van der Waals surface area contributed by atoms with Gasteiger partial charge in [-0.05, 0) is 24.3 Å². The van der Waals surface area contributed by atoms with Gasteiger partial charge in [0.05, 0.1) is 22.6 Å². The standard InChI is InChI=1S/C17H14N4O3/c1-11-15(16(22)21(20-11)12-7-3-2-4-8-12)19-18-14-10-6-5-9-13(14)17(23)24/h2-10,18,20H,1H2,(H,23,24)/b19-15+. The lowest BCUT2D eigenvalue weighted by atomic mass is 10.2. The molecule has 0 atom stereocenters. The van der Waals surface area contributed by atoms with Gasteiger partial charge in [-0.15, -0.1) is 0 Å². The van der Waals surface area contributed by atoms with Gasteiger partial charge in [0.25, 0.3) is 5.91 Å². The third-order valence-corrected chi connectivity index (χ3v) is 3.40. The molecular formula is C17H14N4O3. The molecule has 1 aliphatic heterocycles. The Morgan fingerprint density at radius 1 is 1.12 bits per heavy atom. The quantitative estimate of drug-likeness (QED) is 0.750. The van der Waals surface area contributed by atoms with Gasteiger partial charge in [0.2, 0.25) is 0 Å². The SMILES string of the molecule is C=C1NN(c2ccccc2)C(=O)/C1=N/Nc1ccccc1C(=O)O. The van der Waals surface area contributed by atoms with E-state index in [1.165, 1.54) is 11.1 Å². The van der Waals surface area contributed by atoms with Crippen LogP contribution in [0.25, 0.3) is 0 Å². The predicted octanol–water partition coefficient (Wildman–Crippen LogP) is 2.22. The maximum Gasteiger partial charge on any atom is 0.337 e. The summed E-state index contributed by atoms with van der Waals surface area (Å²) in [4.78, 5) is 23.7. The zero-order valence-electron chi connectivity index (χ0n) is 12.6. The van der Waals surface area contributed by atoms with Crippen molar-refractivity contribution in [3.8, 4) is 0 Å². The number of rotatable bonds is 4. The van der Waals surface area contributed by atoms with Crippen molar-refractivity contribution < 1.29 is 14.7 Å². The number of aromatic carboxylic acids is 1. The topological polar surface area (TPSA) is 94.0 Å². The summed E-state index contributed by atoms with van der Waals surface area (Å²) in [6.07, 6.45) is 0. The van der Waals surface area contributed by atoms with Gasteiger partial charge >= 0.3 is 5.97 Å². The Bertz CT molecular complexity index is 846. The lowest BCUT2D eigenvalue weighted by Crippen LogP contribution is -2.34. The summed E-state index contributed by atoms with van der Waals surface area (Å²) in [5, 5.41) is 14.5. The fourth-order valence-corrected chi connectivity index (χ4v) is 2.23. The molecule has 2 aromatic carbocycles. The van der Waals surface area contributed by atoms with Crippen molar-refractivity contribution in [2.24, 2.45) is 5.10 Å². The first-order chi connectivity index (χ1) is 11.6. The molecule has 1 heterocycles. The maximum absolute atomic E-state index is 12.5. The highest BCUT2D eigenvalue weighted by molar-refractivity contribution is 6.51. The van der Waals surface area contributed by atoms with Crippen molar-refractivity contribution in [3.63, 3.8) is 0 Å². The van der Waals surface area contributed by atoms with Crippen LogP contribution in [0.15, 0.2) is 72.0 Å². The number of hydrogen-bond donors (Lipinski definition) is 3. The van der Waals surface area contributed by atoms with Gasteiger partial charge in [0.15, 0.2) is 5.71 Å². The zero-order valence-corrected chi connectivity index (χ0v) is 12.6. The van der Waals surface area contributed by atoms with Crippen molar-refractivity contribution in [2.75, 3.05) is 10.4 Å². The van der Waals surface area contributed by atoms with Crippen LogP contribution in [0.2, 0.25) is 0 Å². The van der Waals surface area contributed by atoms with Crippen LogP contribution in [0, 0.1) is 0 Å². The first-order valence-electron chi connectivity index (χ1n) is 7.09. The molecule has 1 saturated heterocycles. The number of amides is 1. The summed E-state index contributed by atoms with van der Waals surface area (Å²) < 4.78 is 0. The van der Waals surface area contributed by atoms with Crippen LogP contribution in [-0.2, 0) is 4.79 Å². The Balaban J connectivity index is 1.85. The highest BCUT2D eigenvalue weighted by atomic mass is 16.4. The van der Waals surface area contributed by atoms with Crippen LogP contribution in [0.3, 0.4) is 0 Å². The van der Waals surface area contributed by atoms with Crippen molar-refractivity contribution >= 4 is 29.0 Å². The number of hydrogen-bond acceptors (Lipinski definition) is 5. The average Bonchev–Trinajstić information content (AvgIpc) is 2.88. The number of anilines is 2. The number of carboxylic acid groups (broad SMARTS) is 1. The molecule has 7 nitrogen and oxygen atoms in total. The number of benzene rings is 2. The van der Waals surface area contributed by atoms with Crippen molar-refractivity contribution in [3.05, 3.63) is 72.4 Å². The molecule has 3 N–H and O–H groups in total. The molecule has 0 aromatic heterocycles. The van der Waals surface area contributed by atoms with Crippen LogP contribution in [0.5, 0.6) is 0 Å². The average molecular weight is 322 g/mol. The van der Waals surface area contributed by atoms with Crippen LogP contribution in [0.1, 0.15) is 10.4 Å². The maximum atomic E-state index is 12.5. The molecule has 0 aliphatic carbocycles. The number of nitrogens with one attached hydrogen (secondary N) is 2. The molecule has 0 radical (unpaired) electrons. The van der Waals surface area contributed by atoms with Crippen LogP contribution >= 0.6 is 0 Å². The fraction of sp³-hybridized carbons (Fsp3) is 0. The smallest absolute Gasteiger partial charge is 0.337 e. The third-order valence-electron chi connectivity index (χ3n) is 3.40. The minimum atomic E-state index is -1.08. The second kappa shape index (κ2) is 6.25. The summed E-state index contributed by atoms with van der Waals surface area (Å²) in [6.45, 7) is 3.77. The minimum absolute atomic E-state index is 0.0609. The van der Waals surface area contributed by atoms with Crippen molar-refractivity contribution in [2.45, 2.75) is 0 Å². The van der Waals surface area contributed by atoms with Gasteiger partial charge in [-0.2, -0.15) is 5.10 Å². The van der Waals surface area contributed by atoms with E-state index in [0.29, 0.717) is 11.4 Å². The lowest BCUT2D eigenvalue weighted by molar-refractivity contribution is -0.112. The molecule has 7 heteroatoms. The first kappa shape index (κ1) is 15.3. The van der Waals surface area contributed by atoms with Crippen LogP contribution < -0.4 is 15.9 Å². The van der Waals surface area contributed by atoms with E-state index in [9.17, 15) is 9.59 Å². The van der Waals surface area contributed by atoms with Crippen LogP contribution in [-0.4, -0.2) is 22.7 Å². The number of nitrogens with zero attached hydrogens (tertiary/aromatic N) is 2. The molecular weight excluding hydrogens is 308 g/mol. The second-order valence-corrected chi connectivity index (χ2v) is 4.99. The number of hydrazone groups is 1. The number of hydrazine groups is 1. The summed E-state index contributed by atoms with van der Waals surface area (Å²) in [5.41, 5.74) is 6.88. The Hall–Kier alpha value is -3.61. The molecule has 0 spiro atoms. The van der Waals surface area contributed by atoms with Gasteiger partial charge in [0, 0.05) is 0 Å². The first-order valence-corrected chi connectivity index (χ1v) is 7.09. The number of para-hydroxylation sites is 2. The van der Waals surface area contributed by atoms with Crippen molar-refractivity contribution in [1.82, 2.24) is 5.43 Å². The fourth-order valence-electron chi connectivity index (χ4n) is 2.23. The summed E-state index contributed by atoms with van der Waals surface area (Å²) in [5.74, 6) is -1.47. The molecule has 0 saturated carbocycles. The molecule has 0 bridgehead atoms. The van der Waals surface area contributed by atoms with Gasteiger partial charge in [0.1, 0.15) is 0 Å². The van der Waals surface area contributed by atoms with Crippen LogP contribution in [0.4, 0.5) is 11.4 Å². The number of carbonyl (C=O) groups is 2. The number of carboxylic acids is 1. The third kappa shape index (κ3) is 2.82. The summed E-state index contributed by atoms with van der Waals surface area (Å²) in [7, 11) is 0. The van der Waals surface area contributed by atoms with E-state index in [4.69, 9.17) is 5.11 Å². The minimum Gasteiger partial charge on any atom is -0.478 e. The Labute approximate surface area is 137 Å². The lowest BCUT2D eigenvalue weighted by Gasteiger charge is -2.14. The zero-order chi connectivity index (χ0) is 17.1. The molecule has 1 aliphatic rings. The Morgan fingerprint density at radius 2 is 1.79 bits per heavy atom. The highest BCUT2D eigenvalue weighted by Gasteiger charge is 2.32. The summed E-state index contributed by atoms with van der Waals surface area (Å²) in [6, 6.07) is 15.3. The highest BCUT2D eigenvalue weighted by Crippen LogP contribution is 2.19. The van der Waals surface area contributed by atoms with E-state index >= 15 is 0 Å². The normalized spacial score (nSPS) is 15.5. The Kier molecular flexibility index (Phi) is 3.98. The monoisotopic (exact) mass is 322 g/mol. The van der Waals surface area contributed by atoms with E-state index in [-0.39, 0.29) is 22.9 Å². The van der Waals surface area contributed by atoms with Crippen molar-refractivity contribution in [1.29, 1.82) is 0 Å². The van der Waals surface area contributed by atoms with E-state index < -0.39 is 5.97 Å². The van der Waals surface area contributed by atoms with Gasteiger partial charge in [-0.25, -0.2) is 9.80 Å². The summed E-state index contributed by atoms with van der Waals surface area (Å²) >= 11 is 0.